The van der Waals surface area contributed by atoms with Gasteiger partial charge in [0.1, 0.15) is 0 Å². The molecule has 1 fully saturated rings. The number of hydrogen-bond donors (Lipinski definition) is 1. The Bertz CT molecular complexity index is 663. The number of carbonyl (C=O) groups excluding carboxylic acids is 1. The number of carboxylic acids is 1. The monoisotopic (exact) mass is 362 g/mol. The van der Waals surface area contributed by atoms with Gasteiger partial charge in [-0.25, -0.2) is 9.59 Å². The van der Waals surface area contributed by atoms with E-state index in [-0.39, 0.29) is 16.8 Å². The lowest BCUT2D eigenvalue weighted by molar-refractivity contribution is -0.155. The van der Waals surface area contributed by atoms with Crippen molar-refractivity contribution in [3.05, 3.63) is 23.3 Å². The molecule has 1 N–H and O–H groups in total. The zero-order chi connectivity index (χ0) is 19.1. The van der Waals surface area contributed by atoms with Crippen LogP contribution in [0, 0.1) is 22.7 Å². The molecule has 144 valence electrons. The zero-order valence-corrected chi connectivity index (χ0v) is 16.2. The Balaban J connectivity index is 1.85. The van der Waals surface area contributed by atoms with Crippen molar-refractivity contribution >= 4 is 11.9 Å². The molecule has 1 saturated carbocycles. The molecule has 5 nitrogen and oxygen atoms in total. The van der Waals surface area contributed by atoms with Crippen molar-refractivity contribution in [2.24, 2.45) is 22.7 Å². The lowest BCUT2D eigenvalue weighted by atomic mass is 9.46. The van der Waals surface area contributed by atoms with Crippen LogP contribution < -0.4 is 0 Å². The Morgan fingerprint density at radius 2 is 2.12 bits per heavy atom. The first-order valence-corrected chi connectivity index (χ1v) is 9.60. The molecule has 0 aromatic heterocycles. The Morgan fingerprint density at radius 3 is 2.77 bits per heavy atom. The molecule has 0 aromatic rings. The van der Waals surface area contributed by atoms with E-state index in [4.69, 9.17) is 9.47 Å². The van der Waals surface area contributed by atoms with E-state index in [1.54, 1.807) is 13.2 Å². The predicted octanol–water partition coefficient (Wildman–Crippen LogP) is 4.09. The first-order chi connectivity index (χ1) is 12.2. The Hall–Kier alpha value is -1.62. The number of fused-ring (bicyclic) bond motifs is 1. The maximum atomic E-state index is 11.8. The van der Waals surface area contributed by atoms with Gasteiger partial charge in [-0.2, -0.15) is 0 Å². The molecule has 0 spiro atoms. The molecule has 0 amide bonds. The van der Waals surface area contributed by atoms with Gasteiger partial charge in [-0.05, 0) is 55.8 Å². The summed E-state index contributed by atoms with van der Waals surface area (Å²) in [5, 5.41) is 9.73. The summed E-state index contributed by atoms with van der Waals surface area (Å²) in [5.41, 5.74) is 1.23. The Kier molecular flexibility index (Phi) is 5.04. The third kappa shape index (κ3) is 3.00. The van der Waals surface area contributed by atoms with E-state index in [2.05, 4.69) is 20.8 Å². The molecule has 2 aliphatic carbocycles. The van der Waals surface area contributed by atoms with Gasteiger partial charge in [-0.15, -0.1) is 0 Å². The van der Waals surface area contributed by atoms with E-state index >= 15 is 0 Å². The SMILES string of the molecule is COC1OC(=O)C=C1CC[C@@]1(C)C(C)CC[C@@]2(C)C(C(=O)O)=CCC[C@@H]21. The number of ether oxygens (including phenoxy) is 2. The van der Waals surface area contributed by atoms with Crippen LogP contribution in [0.3, 0.4) is 0 Å². The second kappa shape index (κ2) is 6.84. The number of carbonyl (C=O) groups is 2. The number of carboxylic acid groups (broad SMARTS) is 1. The van der Waals surface area contributed by atoms with Crippen LogP contribution in [-0.2, 0) is 19.1 Å². The van der Waals surface area contributed by atoms with Crippen molar-refractivity contribution in [3.63, 3.8) is 0 Å². The fraction of sp³-hybridized carbons (Fsp3) is 0.714. The third-order valence-electron chi connectivity index (χ3n) is 7.43. The van der Waals surface area contributed by atoms with E-state index in [1.165, 1.54) is 0 Å². The zero-order valence-electron chi connectivity index (χ0n) is 16.2. The van der Waals surface area contributed by atoms with Crippen LogP contribution in [0.1, 0.15) is 59.3 Å². The van der Waals surface area contributed by atoms with E-state index in [0.717, 1.165) is 44.1 Å². The summed E-state index contributed by atoms with van der Waals surface area (Å²) in [6, 6.07) is 0. The molecule has 1 aliphatic heterocycles. The quantitative estimate of drug-likeness (QED) is 0.746. The van der Waals surface area contributed by atoms with Crippen molar-refractivity contribution in [2.75, 3.05) is 7.11 Å². The molecule has 3 rings (SSSR count). The number of methoxy groups -OCH3 is 1. The highest BCUT2D eigenvalue weighted by atomic mass is 16.7. The summed E-state index contributed by atoms with van der Waals surface area (Å²) in [6.45, 7) is 6.74. The summed E-state index contributed by atoms with van der Waals surface area (Å²) in [7, 11) is 1.55. The van der Waals surface area contributed by atoms with E-state index in [1.807, 2.05) is 6.08 Å². The summed E-state index contributed by atoms with van der Waals surface area (Å²) in [5.74, 6) is -0.277. The van der Waals surface area contributed by atoms with Gasteiger partial charge < -0.3 is 14.6 Å². The molecule has 1 heterocycles. The molecule has 0 aromatic carbocycles. The average molecular weight is 362 g/mol. The number of allylic oxidation sites excluding steroid dienone is 1. The Labute approximate surface area is 155 Å². The summed E-state index contributed by atoms with van der Waals surface area (Å²) < 4.78 is 10.4. The summed E-state index contributed by atoms with van der Waals surface area (Å²) >= 11 is 0. The molecule has 0 saturated heterocycles. The average Bonchev–Trinajstić information content (AvgIpc) is 2.96. The number of rotatable bonds is 5. The van der Waals surface area contributed by atoms with E-state index in [9.17, 15) is 14.7 Å². The molecule has 3 aliphatic rings. The van der Waals surface area contributed by atoms with Crippen LogP contribution in [0.5, 0.6) is 0 Å². The molecule has 0 bridgehead atoms. The molecule has 5 heteroatoms. The van der Waals surface area contributed by atoms with Crippen LogP contribution in [0.2, 0.25) is 0 Å². The minimum atomic E-state index is -0.772. The number of esters is 1. The summed E-state index contributed by atoms with van der Waals surface area (Å²) in [4.78, 5) is 23.4. The van der Waals surface area contributed by atoms with Gasteiger partial charge in [0.2, 0.25) is 6.29 Å². The van der Waals surface area contributed by atoms with Crippen molar-refractivity contribution in [1.29, 1.82) is 0 Å². The molecular weight excluding hydrogens is 332 g/mol. The smallest absolute Gasteiger partial charge is 0.333 e. The summed E-state index contributed by atoms with van der Waals surface area (Å²) in [6.07, 6.45) is 8.36. The second-order valence-corrected chi connectivity index (χ2v) is 8.64. The molecule has 26 heavy (non-hydrogen) atoms. The van der Waals surface area contributed by atoms with Crippen molar-refractivity contribution in [1.82, 2.24) is 0 Å². The minimum absolute atomic E-state index is 0.0206. The van der Waals surface area contributed by atoms with Gasteiger partial charge >= 0.3 is 11.9 Å². The topological polar surface area (TPSA) is 72.8 Å². The highest BCUT2D eigenvalue weighted by molar-refractivity contribution is 5.88. The highest BCUT2D eigenvalue weighted by Gasteiger charge is 2.55. The number of aliphatic carboxylic acids is 1. The van der Waals surface area contributed by atoms with Crippen LogP contribution in [-0.4, -0.2) is 30.4 Å². The van der Waals surface area contributed by atoms with Crippen LogP contribution in [0.15, 0.2) is 23.3 Å². The first-order valence-electron chi connectivity index (χ1n) is 9.60. The predicted molar refractivity (Wildman–Crippen MR) is 97.3 cm³/mol. The molecular formula is C21H30O5. The van der Waals surface area contributed by atoms with E-state index < -0.39 is 12.3 Å². The number of hydrogen-bond acceptors (Lipinski definition) is 4. The maximum Gasteiger partial charge on any atom is 0.333 e. The van der Waals surface area contributed by atoms with Gasteiger partial charge in [0.15, 0.2) is 0 Å². The lowest BCUT2D eigenvalue weighted by Crippen LogP contribution is -2.51. The van der Waals surface area contributed by atoms with Gasteiger partial charge in [-0.1, -0.05) is 26.8 Å². The van der Waals surface area contributed by atoms with Gasteiger partial charge in [0, 0.05) is 29.7 Å². The van der Waals surface area contributed by atoms with Crippen molar-refractivity contribution in [3.8, 4) is 0 Å². The lowest BCUT2D eigenvalue weighted by Gasteiger charge is -2.57. The molecule has 0 radical (unpaired) electrons. The standard InChI is InChI=1S/C21H30O5/c1-13-8-10-21(3)15(18(23)24)6-5-7-16(21)20(13,2)11-9-14-12-17(22)26-19(14)25-4/h6,12-13,16,19H,5,7-11H2,1-4H3,(H,23,24)/t13?,16-,19?,20+,21+/m1/s1. The van der Waals surface area contributed by atoms with Crippen LogP contribution in [0.4, 0.5) is 0 Å². The molecule has 2 unspecified atom stereocenters. The Morgan fingerprint density at radius 1 is 1.38 bits per heavy atom. The maximum absolute atomic E-state index is 11.8. The van der Waals surface area contributed by atoms with E-state index in [0.29, 0.717) is 17.4 Å². The second-order valence-electron chi connectivity index (χ2n) is 8.64. The number of cyclic esters (lactones) is 1. The van der Waals surface area contributed by atoms with Crippen molar-refractivity contribution in [2.45, 2.75) is 65.6 Å². The van der Waals surface area contributed by atoms with Crippen LogP contribution >= 0.6 is 0 Å². The normalized spacial score (nSPS) is 39.7. The third-order valence-corrected chi connectivity index (χ3v) is 7.43. The highest BCUT2D eigenvalue weighted by Crippen LogP contribution is 2.62. The van der Waals surface area contributed by atoms with Crippen LogP contribution in [0.25, 0.3) is 0 Å². The van der Waals surface area contributed by atoms with Gasteiger partial charge in [0.05, 0.1) is 0 Å². The van der Waals surface area contributed by atoms with Gasteiger partial charge in [0.25, 0.3) is 0 Å². The first kappa shape index (κ1) is 19.2. The minimum Gasteiger partial charge on any atom is -0.478 e. The molecule has 5 atom stereocenters. The van der Waals surface area contributed by atoms with Gasteiger partial charge in [-0.3, -0.25) is 0 Å². The fourth-order valence-electron chi connectivity index (χ4n) is 5.68. The largest absolute Gasteiger partial charge is 0.478 e. The fourth-order valence-corrected chi connectivity index (χ4v) is 5.68. The van der Waals surface area contributed by atoms with Crippen molar-refractivity contribution < 1.29 is 24.2 Å².